The van der Waals surface area contributed by atoms with Crippen LogP contribution in [0, 0.1) is 5.92 Å². The maximum absolute atomic E-state index is 11.9. The number of fused-ring (bicyclic) bond motifs is 7. The molecule has 0 saturated carbocycles. The van der Waals surface area contributed by atoms with E-state index < -0.39 is 5.79 Å². The standard InChI is InChI=1S/C34H52O9/c1-7-25-21(4)19(2)14-22(38-25)8-10-26-20(3)15-24(39-26)12-13-34-18-30(36-5)33(43-34)28-17-29(42-34)32-27(41-28)11-9-23(40-32)16-31(35)37-6/h19,22-30,32-33H,3-4,7-18H2,1-2,5-6H3/t19-,22+,23-,24+,25-,26+,27+,28-,29-,30-,32+,33-,34-/m1/s1. The van der Waals surface area contributed by atoms with Crippen LogP contribution in [0.1, 0.15) is 90.9 Å². The molecule has 0 aromatic carbocycles. The predicted molar refractivity (Wildman–Crippen MR) is 158 cm³/mol. The highest BCUT2D eigenvalue weighted by Crippen LogP contribution is 2.49. The number of hydrogen-bond acceptors (Lipinski definition) is 9. The first-order valence-electron chi connectivity index (χ1n) is 16.6. The molecule has 43 heavy (non-hydrogen) atoms. The van der Waals surface area contributed by atoms with Gasteiger partial charge in [-0.05, 0) is 68.4 Å². The highest BCUT2D eigenvalue weighted by molar-refractivity contribution is 5.69. The molecule has 242 valence electrons. The predicted octanol–water partition coefficient (Wildman–Crippen LogP) is 5.19. The fraction of sp³-hybridized carbons (Fsp3) is 0.853. The third-order valence-electron chi connectivity index (χ3n) is 10.8. The van der Waals surface area contributed by atoms with E-state index in [0.717, 1.165) is 51.4 Å². The molecule has 9 heteroatoms. The average molecular weight is 605 g/mol. The normalized spacial score (nSPS) is 46.0. The lowest BCUT2D eigenvalue weighted by Gasteiger charge is -2.47. The van der Waals surface area contributed by atoms with Crippen LogP contribution in [0.3, 0.4) is 0 Å². The summed E-state index contributed by atoms with van der Waals surface area (Å²) in [5, 5.41) is 0. The van der Waals surface area contributed by atoms with Crippen molar-refractivity contribution in [3.05, 3.63) is 24.3 Å². The van der Waals surface area contributed by atoms with Gasteiger partial charge in [-0.3, -0.25) is 4.79 Å². The molecule has 6 heterocycles. The van der Waals surface area contributed by atoms with Gasteiger partial charge in [-0.25, -0.2) is 0 Å². The Kier molecular flexibility index (Phi) is 9.70. The van der Waals surface area contributed by atoms with Crippen molar-refractivity contribution < 1.29 is 42.7 Å². The summed E-state index contributed by atoms with van der Waals surface area (Å²) in [4.78, 5) is 11.9. The van der Waals surface area contributed by atoms with Crippen LogP contribution in [-0.2, 0) is 42.7 Å². The van der Waals surface area contributed by atoms with Crippen molar-refractivity contribution in [2.45, 2.75) is 164 Å². The van der Waals surface area contributed by atoms with Gasteiger partial charge in [-0.2, -0.15) is 0 Å². The van der Waals surface area contributed by atoms with E-state index in [-0.39, 0.29) is 79.5 Å². The Balaban J connectivity index is 1.06. The molecule has 6 rings (SSSR count). The average Bonchev–Trinajstić information content (AvgIpc) is 3.52. The second-order valence-electron chi connectivity index (χ2n) is 13.7. The van der Waals surface area contributed by atoms with Crippen LogP contribution in [0.15, 0.2) is 24.3 Å². The van der Waals surface area contributed by atoms with Gasteiger partial charge in [0, 0.05) is 26.4 Å². The molecule has 4 bridgehead atoms. The topological polar surface area (TPSA) is 90.9 Å². The number of esters is 1. The minimum absolute atomic E-state index is 0.0568. The molecule has 0 amide bonds. The molecule has 9 nitrogen and oxygen atoms in total. The lowest BCUT2D eigenvalue weighted by atomic mass is 9.86. The zero-order chi connectivity index (χ0) is 30.3. The summed E-state index contributed by atoms with van der Waals surface area (Å²) >= 11 is 0. The molecule has 0 aliphatic carbocycles. The van der Waals surface area contributed by atoms with Crippen molar-refractivity contribution in [2.24, 2.45) is 5.92 Å². The van der Waals surface area contributed by atoms with E-state index in [2.05, 4.69) is 27.0 Å². The second-order valence-corrected chi connectivity index (χ2v) is 13.7. The maximum atomic E-state index is 11.9. The molecule has 6 aliphatic heterocycles. The van der Waals surface area contributed by atoms with Gasteiger partial charge in [0.1, 0.15) is 12.2 Å². The summed E-state index contributed by atoms with van der Waals surface area (Å²) in [5.74, 6) is -0.546. The van der Waals surface area contributed by atoms with Crippen molar-refractivity contribution in [1.82, 2.24) is 0 Å². The molecule has 0 unspecified atom stereocenters. The summed E-state index contributed by atoms with van der Waals surface area (Å²) in [6, 6.07) is 0. The first-order valence-corrected chi connectivity index (χ1v) is 16.6. The fourth-order valence-electron chi connectivity index (χ4n) is 8.40. The highest BCUT2D eigenvalue weighted by atomic mass is 16.7. The third-order valence-corrected chi connectivity index (χ3v) is 10.8. The molecular weight excluding hydrogens is 552 g/mol. The quantitative estimate of drug-likeness (QED) is 0.247. The number of hydrogen-bond donors (Lipinski definition) is 0. The van der Waals surface area contributed by atoms with Gasteiger partial charge < -0.3 is 37.9 Å². The zero-order valence-corrected chi connectivity index (χ0v) is 26.5. The first kappa shape index (κ1) is 31.6. The summed E-state index contributed by atoms with van der Waals surface area (Å²) in [6.45, 7) is 13.1. The summed E-state index contributed by atoms with van der Waals surface area (Å²) in [6.07, 6.45) is 8.90. The van der Waals surface area contributed by atoms with Gasteiger partial charge in [-0.1, -0.05) is 27.0 Å². The lowest BCUT2D eigenvalue weighted by molar-refractivity contribution is -0.277. The van der Waals surface area contributed by atoms with Gasteiger partial charge in [0.05, 0.1) is 68.5 Å². The van der Waals surface area contributed by atoms with E-state index in [1.54, 1.807) is 7.11 Å². The van der Waals surface area contributed by atoms with Crippen LogP contribution in [-0.4, -0.2) is 93.1 Å². The van der Waals surface area contributed by atoms with Crippen molar-refractivity contribution in [3.63, 3.8) is 0 Å². The van der Waals surface area contributed by atoms with Crippen LogP contribution < -0.4 is 0 Å². The number of ether oxygens (including phenoxy) is 8. The van der Waals surface area contributed by atoms with Crippen LogP contribution in [0.5, 0.6) is 0 Å². The number of rotatable bonds is 10. The minimum Gasteiger partial charge on any atom is -0.469 e. The molecule has 0 aromatic rings. The molecule has 13 atom stereocenters. The Labute approximate surface area is 256 Å². The third kappa shape index (κ3) is 6.64. The van der Waals surface area contributed by atoms with Crippen LogP contribution in [0.25, 0.3) is 0 Å². The van der Waals surface area contributed by atoms with Crippen LogP contribution >= 0.6 is 0 Å². The maximum Gasteiger partial charge on any atom is 0.308 e. The van der Waals surface area contributed by atoms with Crippen molar-refractivity contribution >= 4 is 5.97 Å². The second kappa shape index (κ2) is 13.2. The van der Waals surface area contributed by atoms with E-state index in [1.807, 2.05) is 0 Å². The number of carbonyl (C=O) groups excluding carboxylic acids is 1. The minimum atomic E-state index is -0.784. The molecule has 0 spiro atoms. The van der Waals surface area contributed by atoms with Crippen LogP contribution in [0.4, 0.5) is 0 Å². The molecule has 6 aliphatic rings. The van der Waals surface area contributed by atoms with Crippen molar-refractivity contribution in [3.8, 4) is 0 Å². The van der Waals surface area contributed by atoms with Gasteiger partial charge in [0.2, 0.25) is 0 Å². The molecular formula is C34H52O9. The van der Waals surface area contributed by atoms with E-state index >= 15 is 0 Å². The van der Waals surface area contributed by atoms with Gasteiger partial charge in [0.15, 0.2) is 5.79 Å². The van der Waals surface area contributed by atoms with Gasteiger partial charge >= 0.3 is 5.97 Å². The Morgan fingerprint density at radius 3 is 2.47 bits per heavy atom. The Hall–Kier alpha value is -1.33. The SMILES string of the molecule is C=C1C[C@H](CC[C@]23C[C@@H](OC)[C@H](O2)[C@H]2C[C@@H](O3)[C@H]3O[C@@H](CC(=O)OC)CC[C@@H]3O2)O[C@H]1CC[C@H]1C[C@@H](C)C(=C)[C@@H](CC)O1. The van der Waals surface area contributed by atoms with Gasteiger partial charge in [-0.15, -0.1) is 0 Å². The Bertz CT molecular complexity index is 1030. The van der Waals surface area contributed by atoms with E-state index in [4.69, 9.17) is 37.9 Å². The summed E-state index contributed by atoms with van der Waals surface area (Å²) < 4.78 is 50.3. The summed E-state index contributed by atoms with van der Waals surface area (Å²) in [5.41, 5.74) is 2.40. The van der Waals surface area contributed by atoms with E-state index in [0.29, 0.717) is 25.2 Å². The highest BCUT2D eigenvalue weighted by Gasteiger charge is 2.60. The molecule has 0 N–H and O–H groups in total. The number of carbonyl (C=O) groups is 1. The summed E-state index contributed by atoms with van der Waals surface area (Å²) in [7, 11) is 3.16. The largest absolute Gasteiger partial charge is 0.469 e. The molecule has 6 saturated heterocycles. The fourth-order valence-corrected chi connectivity index (χ4v) is 8.40. The monoisotopic (exact) mass is 604 g/mol. The van der Waals surface area contributed by atoms with E-state index in [9.17, 15) is 4.79 Å². The zero-order valence-electron chi connectivity index (χ0n) is 26.5. The van der Waals surface area contributed by atoms with Crippen molar-refractivity contribution in [2.75, 3.05) is 14.2 Å². The Morgan fingerprint density at radius 1 is 0.884 bits per heavy atom. The number of methoxy groups -OCH3 is 2. The molecule has 0 aromatic heterocycles. The first-order chi connectivity index (χ1) is 20.7. The molecule has 0 radical (unpaired) electrons. The van der Waals surface area contributed by atoms with E-state index in [1.165, 1.54) is 18.3 Å². The lowest BCUT2D eigenvalue weighted by Crippen LogP contribution is -2.58. The van der Waals surface area contributed by atoms with Gasteiger partial charge in [0.25, 0.3) is 0 Å². The van der Waals surface area contributed by atoms with Crippen LogP contribution in [0.2, 0.25) is 0 Å². The smallest absolute Gasteiger partial charge is 0.308 e. The molecule has 6 fully saturated rings. The van der Waals surface area contributed by atoms with Crippen molar-refractivity contribution in [1.29, 1.82) is 0 Å². The Morgan fingerprint density at radius 2 is 1.70 bits per heavy atom.